The molecule has 1 aliphatic heterocycles. The summed E-state index contributed by atoms with van der Waals surface area (Å²) < 4.78 is 20.8. The molecule has 0 aromatic heterocycles. The maximum atomic E-state index is 15.5. The van der Waals surface area contributed by atoms with Crippen molar-refractivity contribution in [2.24, 2.45) is 5.92 Å². The molecule has 1 fully saturated rings. The van der Waals surface area contributed by atoms with Gasteiger partial charge >= 0.3 is 6.09 Å². The molecule has 0 saturated carbocycles. The standard InChI is InChI=1S/C35H43FN2O4S/c1-5-6-14-25-17-26(18-29(36)31(25)38-34(41)42-20-23-11-8-7-9-12-23)32(39)28-21-43-22-30(33(28)40)37-19-24-13-10-15-27(16-24)35(2,3)4/h7-13,15-18,28,30,33,37,40H,5-6,14,19-22H2,1-4H3,(H,38,41)/t28-,30-,33-/m1/s1. The van der Waals surface area contributed by atoms with Crippen LogP contribution in [0.15, 0.2) is 66.7 Å². The Bertz CT molecular complexity index is 1390. The molecule has 0 radical (unpaired) electrons. The third-order valence-electron chi connectivity index (χ3n) is 7.81. The molecule has 3 atom stereocenters. The molecule has 1 amide bonds. The Morgan fingerprint density at radius 1 is 1.02 bits per heavy atom. The lowest BCUT2D eigenvalue weighted by Gasteiger charge is -2.34. The minimum absolute atomic E-state index is 0.0265. The Hall–Kier alpha value is -3.20. The number of carbonyl (C=O) groups is 2. The number of benzene rings is 3. The summed E-state index contributed by atoms with van der Waals surface area (Å²) in [6.07, 6.45) is 0.437. The predicted octanol–water partition coefficient (Wildman–Crippen LogP) is 7.28. The molecule has 1 saturated heterocycles. The van der Waals surface area contributed by atoms with E-state index in [1.807, 2.05) is 43.3 Å². The molecule has 8 heteroatoms. The summed E-state index contributed by atoms with van der Waals surface area (Å²) in [5, 5.41) is 17.3. The van der Waals surface area contributed by atoms with E-state index < -0.39 is 23.9 Å². The third-order valence-corrected chi connectivity index (χ3v) is 9.00. The van der Waals surface area contributed by atoms with Gasteiger partial charge in [0.15, 0.2) is 5.78 Å². The molecule has 0 unspecified atom stereocenters. The zero-order chi connectivity index (χ0) is 31.0. The van der Waals surface area contributed by atoms with Gasteiger partial charge < -0.3 is 15.2 Å². The molecule has 3 aromatic rings. The van der Waals surface area contributed by atoms with Gasteiger partial charge in [0.2, 0.25) is 0 Å². The van der Waals surface area contributed by atoms with E-state index in [1.165, 1.54) is 5.56 Å². The zero-order valence-corrected chi connectivity index (χ0v) is 26.3. The molecule has 3 aromatic carbocycles. The highest BCUT2D eigenvalue weighted by Crippen LogP contribution is 2.31. The largest absolute Gasteiger partial charge is 0.444 e. The number of anilines is 1. The number of hydrogen-bond donors (Lipinski definition) is 3. The van der Waals surface area contributed by atoms with Crippen molar-refractivity contribution >= 4 is 29.3 Å². The Labute approximate surface area is 258 Å². The molecule has 4 rings (SSSR count). The van der Waals surface area contributed by atoms with Crippen LogP contribution in [0.5, 0.6) is 0 Å². The van der Waals surface area contributed by atoms with Crippen molar-refractivity contribution in [1.29, 1.82) is 0 Å². The van der Waals surface area contributed by atoms with Crippen LogP contribution in [0.2, 0.25) is 0 Å². The number of amides is 1. The summed E-state index contributed by atoms with van der Waals surface area (Å²) >= 11 is 1.61. The lowest BCUT2D eigenvalue weighted by molar-refractivity contribution is 0.0595. The first kappa shape index (κ1) is 32.7. The number of thioether (sulfide) groups is 1. The van der Waals surface area contributed by atoms with Crippen molar-refractivity contribution in [3.63, 3.8) is 0 Å². The Balaban J connectivity index is 1.45. The maximum Gasteiger partial charge on any atom is 0.412 e. The third kappa shape index (κ3) is 8.91. The number of Topliss-reactive ketones (excluding diaryl/α,β-unsaturated/α-hetero) is 1. The number of aliphatic hydroxyl groups excluding tert-OH is 1. The van der Waals surface area contributed by atoms with E-state index in [4.69, 9.17) is 4.74 Å². The van der Waals surface area contributed by atoms with Crippen molar-refractivity contribution in [1.82, 2.24) is 5.32 Å². The van der Waals surface area contributed by atoms with Crippen molar-refractivity contribution in [3.05, 3.63) is 100 Å². The summed E-state index contributed by atoms with van der Waals surface area (Å²) in [5.41, 5.74) is 3.97. The number of ether oxygens (including phenoxy) is 1. The number of aryl methyl sites for hydroxylation is 1. The summed E-state index contributed by atoms with van der Waals surface area (Å²) in [6.45, 7) is 9.18. The fourth-order valence-electron chi connectivity index (χ4n) is 5.19. The smallest absolute Gasteiger partial charge is 0.412 e. The van der Waals surface area contributed by atoms with Gasteiger partial charge in [0, 0.05) is 29.7 Å². The van der Waals surface area contributed by atoms with Gasteiger partial charge in [-0.05, 0) is 52.6 Å². The Morgan fingerprint density at radius 3 is 2.49 bits per heavy atom. The number of carbonyl (C=O) groups excluding carboxylic acids is 2. The fourth-order valence-corrected chi connectivity index (χ4v) is 6.50. The van der Waals surface area contributed by atoms with E-state index in [-0.39, 0.29) is 35.1 Å². The van der Waals surface area contributed by atoms with E-state index in [1.54, 1.807) is 17.8 Å². The SMILES string of the molecule is CCCCc1cc(C(=O)[C@H]2CSC[C@@H](NCc3cccc(C(C)(C)C)c3)[C@@H]2O)cc(F)c1NC(=O)OCc1ccccc1. The normalized spacial score (nSPS) is 18.7. The van der Waals surface area contributed by atoms with Gasteiger partial charge in [-0.2, -0.15) is 11.8 Å². The first-order chi connectivity index (χ1) is 20.6. The number of rotatable bonds is 11. The van der Waals surface area contributed by atoms with Crippen LogP contribution in [0.25, 0.3) is 0 Å². The highest BCUT2D eigenvalue weighted by atomic mass is 32.2. The quantitative estimate of drug-likeness (QED) is 0.199. The molecule has 6 nitrogen and oxygen atoms in total. The molecule has 3 N–H and O–H groups in total. The van der Waals surface area contributed by atoms with Gasteiger partial charge in [-0.25, -0.2) is 9.18 Å². The first-order valence-electron chi connectivity index (χ1n) is 15.0. The molecule has 0 spiro atoms. The van der Waals surface area contributed by atoms with Crippen LogP contribution >= 0.6 is 11.8 Å². The number of aliphatic hydroxyl groups is 1. The summed E-state index contributed by atoms with van der Waals surface area (Å²) in [4.78, 5) is 26.2. The van der Waals surface area contributed by atoms with E-state index in [0.717, 1.165) is 30.0 Å². The van der Waals surface area contributed by atoms with Crippen LogP contribution in [-0.4, -0.2) is 40.6 Å². The molecule has 1 aliphatic rings. The highest BCUT2D eigenvalue weighted by molar-refractivity contribution is 7.99. The van der Waals surface area contributed by atoms with Crippen LogP contribution in [0.3, 0.4) is 0 Å². The average molecular weight is 607 g/mol. The van der Waals surface area contributed by atoms with Gasteiger partial charge in [-0.1, -0.05) is 88.7 Å². The van der Waals surface area contributed by atoms with Crippen molar-refractivity contribution in [3.8, 4) is 0 Å². The number of nitrogens with one attached hydrogen (secondary N) is 2. The van der Waals surface area contributed by atoms with E-state index >= 15 is 4.39 Å². The van der Waals surface area contributed by atoms with Crippen molar-refractivity contribution in [2.45, 2.75) is 77.7 Å². The molecular weight excluding hydrogens is 563 g/mol. The van der Waals surface area contributed by atoms with Crippen LogP contribution in [0, 0.1) is 11.7 Å². The molecule has 1 heterocycles. The van der Waals surface area contributed by atoms with Gasteiger partial charge in [-0.15, -0.1) is 0 Å². The van der Waals surface area contributed by atoms with E-state index in [2.05, 4.69) is 49.6 Å². The molecule has 43 heavy (non-hydrogen) atoms. The number of halogens is 1. The molecule has 0 bridgehead atoms. The number of unbranched alkanes of at least 4 members (excludes halogenated alkanes) is 1. The molecule has 0 aliphatic carbocycles. The molecule has 230 valence electrons. The van der Waals surface area contributed by atoms with Crippen molar-refractivity contribution in [2.75, 3.05) is 16.8 Å². The Morgan fingerprint density at radius 2 is 1.77 bits per heavy atom. The number of hydrogen-bond acceptors (Lipinski definition) is 6. The average Bonchev–Trinajstić information content (AvgIpc) is 2.99. The fraction of sp³-hybridized carbons (Fsp3) is 0.429. The van der Waals surface area contributed by atoms with Crippen LogP contribution in [0.4, 0.5) is 14.9 Å². The zero-order valence-electron chi connectivity index (χ0n) is 25.5. The molecular formula is C35H43FN2O4S. The number of ketones is 1. The monoisotopic (exact) mass is 606 g/mol. The minimum atomic E-state index is -0.910. The van der Waals surface area contributed by atoms with Gasteiger partial charge in [0.25, 0.3) is 0 Å². The van der Waals surface area contributed by atoms with Crippen LogP contribution in [-0.2, 0) is 29.7 Å². The lowest BCUT2D eigenvalue weighted by Crippen LogP contribution is -2.51. The maximum absolute atomic E-state index is 15.5. The lowest BCUT2D eigenvalue weighted by atomic mass is 9.86. The van der Waals surface area contributed by atoms with E-state index in [9.17, 15) is 14.7 Å². The summed E-state index contributed by atoms with van der Waals surface area (Å²) in [6, 6.07) is 20.2. The van der Waals surface area contributed by atoms with Crippen molar-refractivity contribution < 1.29 is 23.8 Å². The summed E-state index contributed by atoms with van der Waals surface area (Å²) in [7, 11) is 0. The van der Waals surface area contributed by atoms with E-state index in [0.29, 0.717) is 30.0 Å². The van der Waals surface area contributed by atoms with Gasteiger partial charge in [0.05, 0.1) is 17.7 Å². The Kier molecular flexibility index (Phi) is 11.4. The highest BCUT2D eigenvalue weighted by Gasteiger charge is 2.37. The second-order valence-electron chi connectivity index (χ2n) is 12.2. The second-order valence-corrected chi connectivity index (χ2v) is 13.3. The van der Waals surface area contributed by atoms with Crippen LogP contribution < -0.4 is 10.6 Å². The second kappa shape index (κ2) is 15.0. The van der Waals surface area contributed by atoms with Crippen LogP contribution in [0.1, 0.15) is 73.1 Å². The van der Waals surface area contributed by atoms with Gasteiger partial charge in [0.1, 0.15) is 12.4 Å². The predicted molar refractivity (Wildman–Crippen MR) is 172 cm³/mol. The minimum Gasteiger partial charge on any atom is -0.444 e. The topological polar surface area (TPSA) is 87.7 Å². The van der Waals surface area contributed by atoms with Gasteiger partial charge in [-0.3, -0.25) is 10.1 Å². The first-order valence-corrected chi connectivity index (χ1v) is 16.1. The summed E-state index contributed by atoms with van der Waals surface area (Å²) in [5.74, 6) is -0.537.